The van der Waals surface area contributed by atoms with Crippen LogP contribution in [0.15, 0.2) is 24.3 Å². The molecule has 0 radical (unpaired) electrons. The van der Waals surface area contributed by atoms with E-state index >= 15 is 0 Å². The fourth-order valence-electron chi connectivity index (χ4n) is 1.86. The van der Waals surface area contributed by atoms with Crippen molar-refractivity contribution in [1.29, 1.82) is 0 Å². The molecular weight excluding hydrogens is 273 g/mol. The standard InChI is InChI=1S/C16H24FNOS/c1-3-4-5-6-11-18-16(19)12-20-13(2)14-7-9-15(17)10-8-14/h7-10,13H,3-6,11-12H2,1-2H3,(H,18,19). The third-order valence-electron chi connectivity index (χ3n) is 3.16. The van der Waals surface area contributed by atoms with Crippen LogP contribution >= 0.6 is 11.8 Å². The zero-order valence-electron chi connectivity index (χ0n) is 12.3. The summed E-state index contributed by atoms with van der Waals surface area (Å²) in [5.41, 5.74) is 1.05. The molecule has 0 saturated carbocycles. The van der Waals surface area contributed by atoms with Crippen LogP contribution in [0.25, 0.3) is 0 Å². The predicted molar refractivity (Wildman–Crippen MR) is 84.4 cm³/mol. The summed E-state index contributed by atoms with van der Waals surface area (Å²) in [6.45, 7) is 4.98. The van der Waals surface area contributed by atoms with Gasteiger partial charge in [0, 0.05) is 11.8 Å². The van der Waals surface area contributed by atoms with Gasteiger partial charge in [0.1, 0.15) is 5.82 Å². The van der Waals surface area contributed by atoms with Crippen LogP contribution in [0.4, 0.5) is 4.39 Å². The van der Waals surface area contributed by atoms with Crippen LogP contribution in [0.3, 0.4) is 0 Å². The van der Waals surface area contributed by atoms with E-state index in [-0.39, 0.29) is 17.0 Å². The average molecular weight is 297 g/mol. The number of carbonyl (C=O) groups excluding carboxylic acids is 1. The summed E-state index contributed by atoms with van der Waals surface area (Å²) in [4.78, 5) is 11.7. The Labute approximate surface area is 125 Å². The minimum absolute atomic E-state index is 0.0838. The summed E-state index contributed by atoms with van der Waals surface area (Å²) in [6.07, 6.45) is 4.67. The SMILES string of the molecule is CCCCCCNC(=O)CSC(C)c1ccc(F)cc1. The van der Waals surface area contributed by atoms with Crippen molar-refractivity contribution >= 4 is 17.7 Å². The molecular formula is C16H24FNOS. The Morgan fingerprint density at radius 1 is 1.25 bits per heavy atom. The Balaban J connectivity index is 2.18. The van der Waals surface area contributed by atoms with Gasteiger partial charge in [0.15, 0.2) is 0 Å². The number of amides is 1. The molecule has 0 aromatic heterocycles. The molecule has 20 heavy (non-hydrogen) atoms. The highest BCUT2D eigenvalue weighted by Gasteiger charge is 2.09. The molecule has 0 fully saturated rings. The molecule has 0 spiro atoms. The molecule has 112 valence electrons. The maximum atomic E-state index is 12.8. The maximum Gasteiger partial charge on any atom is 0.230 e. The van der Waals surface area contributed by atoms with E-state index < -0.39 is 0 Å². The molecule has 1 rings (SSSR count). The van der Waals surface area contributed by atoms with E-state index in [1.54, 1.807) is 23.9 Å². The quantitative estimate of drug-likeness (QED) is 0.688. The number of hydrogen-bond donors (Lipinski definition) is 1. The van der Waals surface area contributed by atoms with E-state index in [0.29, 0.717) is 5.75 Å². The monoisotopic (exact) mass is 297 g/mol. The first-order chi connectivity index (χ1) is 9.63. The Morgan fingerprint density at radius 3 is 2.60 bits per heavy atom. The predicted octanol–water partition coefficient (Wildman–Crippen LogP) is 4.32. The zero-order chi connectivity index (χ0) is 14.8. The second kappa shape index (κ2) is 9.81. The van der Waals surface area contributed by atoms with E-state index in [9.17, 15) is 9.18 Å². The lowest BCUT2D eigenvalue weighted by Gasteiger charge is -2.11. The van der Waals surface area contributed by atoms with Crippen molar-refractivity contribution in [3.8, 4) is 0 Å². The minimum Gasteiger partial charge on any atom is -0.355 e. The van der Waals surface area contributed by atoms with Crippen molar-refractivity contribution in [2.24, 2.45) is 0 Å². The highest BCUT2D eigenvalue weighted by Crippen LogP contribution is 2.27. The summed E-state index contributed by atoms with van der Waals surface area (Å²) in [6, 6.07) is 6.46. The van der Waals surface area contributed by atoms with Gasteiger partial charge in [-0.15, -0.1) is 11.8 Å². The van der Waals surface area contributed by atoms with Gasteiger partial charge in [0.2, 0.25) is 5.91 Å². The van der Waals surface area contributed by atoms with Crippen molar-refractivity contribution in [1.82, 2.24) is 5.32 Å². The summed E-state index contributed by atoms with van der Waals surface area (Å²) < 4.78 is 12.8. The summed E-state index contributed by atoms with van der Waals surface area (Å²) in [7, 11) is 0. The molecule has 0 saturated heterocycles. The van der Waals surface area contributed by atoms with Crippen LogP contribution in [0.5, 0.6) is 0 Å². The molecule has 2 nitrogen and oxygen atoms in total. The van der Waals surface area contributed by atoms with Crippen LogP contribution < -0.4 is 5.32 Å². The van der Waals surface area contributed by atoms with Gasteiger partial charge in [-0.1, -0.05) is 38.3 Å². The summed E-state index contributed by atoms with van der Waals surface area (Å²) in [5, 5.41) is 3.13. The Hall–Kier alpha value is -1.03. The Kier molecular flexibility index (Phi) is 8.35. The van der Waals surface area contributed by atoms with Crippen molar-refractivity contribution in [3.63, 3.8) is 0 Å². The van der Waals surface area contributed by atoms with Gasteiger partial charge in [-0.2, -0.15) is 0 Å². The van der Waals surface area contributed by atoms with Gasteiger partial charge in [0.05, 0.1) is 5.75 Å². The second-order valence-electron chi connectivity index (χ2n) is 4.92. The molecule has 0 bridgehead atoms. The molecule has 1 atom stereocenters. The van der Waals surface area contributed by atoms with Crippen molar-refractivity contribution in [2.75, 3.05) is 12.3 Å². The van der Waals surface area contributed by atoms with E-state index in [1.807, 2.05) is 6.92 Å². The van der Waals surface area contributed by atoms with E-state index in [0.717, 1.165) is 18.5 Å². The van der Waals surface area contributed by atoms with Crippen LogP contribution in [0.2, 0.25) is 0 Å². The maximum absolute atomic E-state index is 12.8. The molecule has 1 aromatic carbocycles. The van der Waals surface area contributed by atoms with E-state index in [1.165, 1.54) is 31.4 Å². The Morgan fingerprint density at radius 2 is 1.95 bits per heavy atom. The first-order valence-electron chi connectivity index (χ1n) is 7.27. The average Bonchev–Trinajstić information content (AvgIpc) is 2.45. The minimum atomic E-state index is -0.226. The van der Waals surface area contributed by atoms with E-state index in [4.69, 9.17) is 0 Å². The third-order valence-corrected chi connectivity index (χ3v) is 4.36. The van der Waals surface area contributed by atoms with Gasteiger partial charge < -0.3 is 5.32 Å². The molecule has 1 amide bonds. The molecule has 1 aromatic rings. The number of rotatable bonds is 9. The lowest BCUT2D eigenvalue weighted by molar-refractivity contribution is -0.118. The molecule has 4 heteroatoms. The van der Waals surface area contributed by atoms with Crippen LogP contribution in [0.1, 0.15) is 50.3 Å². The van der Waals surface area contributed by atoms with Crippen LogP contribution in [-0.2, 0) is 4.79 Å². The van der Waals surface area contributed by atoms with E-state index in [2.05, 4.69) is 12.2 Å². The molecule has 0 heterocycles. The van der Waals surface area contributed by atoms with Gasteiger partial charge >= 0.3 is 0 Å². The largest absolute Gasteiger partial charge is 0.355 e. The summed E-state index contributed by atoms with van der Waals surface area (Å²) in [5.74, 6) is 0.308. The molecule has 1 N–H and O–H groups in total. The fraction of sp³-hybridized carbons (Fsp3) is 0.562. The third kappa shape index (κ3) is 6.94. The number of unbranched alkanes of at least 4 members (excludes halogenated alkanes) is 3. The normalized spacial score (nSPS) is 12.2. The number of thioether (sulfide) groups is 1. The van der Waals surface area contributed by atoms with Gasteiger partial charge in [0.25, 0.3) is 0 Å². The number of benzene rings is 1. The van der Waals surface area contributed by atoms with Crippen LogP contribution in [0, 0.1) is 5.82 Å². The number of halogens is 1. The van der Waals surface area contributed by atoms with Crippen LogP contribution in [-0.4, -0.2) is 18.2 Å². The molecule has 0 aliphatic rings. The first-order valence-corrected chi connectivity index (χ1v) is 8.32. The number of hydrogen-bond acceptors (Lipinski definition) is 2. The fourth-order valence-corrected chi connectivity index (χ4v) is 2.71. The molecule has 0 aliphatic carbocycles. The van der Waals surface area contributed by atoms with Gasteiger partial charge in [-0.05, 0) is 31.0 Å². The molecule has 0 aliphatic heterocycles. The second-order valence-corrected chi connectivity index (χ2v) is 6.24. The van der Waals surface area contributed by atoms with Crippen molar-refractivity contribution in [3.05, 3.63) is 35.6 Å². The highest BCUT2D eigenvalue weighted by molar-refractivity contribution is 8.00. The lowest BCUT2D eigenvalue weighted by Crippen LogP contribution is -2.26. The van der Waals surface area contributed by atoms with Crippen molar-refractivity contribution < 1.29 is 9.18 Å². The highest BCUT2D eigenvalue weighted by atomic mass is 32.2. The van der Waals surface area contributed by atoms with Crippen molar-refractivity contribution in [2.45, 2.75) is 44.8 Å². The van der Waals surface area contributed by atoms with Gasteiger partial charge in [-0.3, -0.25) is 4.79 Å². The lowest BCUT2D eigenvalue weighted by atomic mass is 10.2. The Bertz CT molecular complexity index is 394. The number of carbonyl (C=O) groups is 1. The molecule has 1 unspecified atom stereocenters. The number of nitrogens with one attached hydrogen (secondary N) is 1. The zero-order valence-corrected chi connectivity index (χ0v) is 13.1. The first kappa shape index (κ1) is 17.0. The summed E-state index contributed by atoms with van der Waals surface area (Å²) >= 11 is 1.58. The van der Waals surface area contributed by atoms with Gasteiger partial charge in [-0.25, -0.2) is 4.39 Å². The topological polar surface area (TPSA) is 29.1 Å². The smallest absolute Gasteiger partial charge is 0.230 e.